The van der Waals surface area contributed by atoms with Crippen LogP contribution in [-0.4, -0.2) is 39.3 Å². The van der Waals surface area contributed by atoms with Crippen LogP contribution in [-0.2, 0) is 11.3 Å². The van der Waals surface area contributed by atoms with Gasteiger partial charge in [0.25, 0.3) is 11.6 Å². The van der Waals surface area contributed by atoms with Crippen molar-refractivity contribution in [3.05, 3.63) is 61.8 Å². The number of hydrogen-bond acceptors (Lipinski definition) is 6. The number of hydrogen-bond donors (Lipinski definition) is 1. The predicted octanol–water partition coefficient (Wildman–Crippen LogP) is 2.80. The molecule has 1 aromatic carbocycles. The highest BCUT2D eigenvalue weighted by atomic mass is 32.2. The van der Waals surface area contributed by atoms with E-state index in [0.717, 1.165) is 16.9 Å². The van der Waals surface area contributed by atoms with Crippen LogP contribution in [0.25, 0.3) is 0 Å². The van der Waals surface area contributed by atoms with Crippen LogP contribution in [0, 0.1) is 17.0 Å². The lowest BCUT2D eigenvalue weighted by atomic mass is 10.2. The minimum absolute atomic E-state index is 0.0599. The van der Waals surface area contributed by atoms with E-state index in [1.807, 2.05) is 30.3 Å². The Bertz CT molecular complexity index is 838. The van der Waals surface area contributed by atoms with Crippen molar-refractivity contribution in [2.24, 2.45) is 0 Å². The van der Waals surface area contributed by atoms with E-state index in [2.05, 4.69) is 5.32 Å². The van der Waals surface area contributed by atoms with Crippen LogP contribution in [0.5, 0.6) is 0 Å². The van der Waals surface area contributed by atoms with E-state index >= 15 is 0 Å². The van der Waals surface area contributed by atoms with Crippen molar-refractivity contribution in [2.45, 2.75) is 19.5 Å². The summed E-state index contributed by atoms with van der Waals surface area (Å²) in [5, 5.41) is 13.9. The molecule has 1 N–H and O–H groups in total. The number of carbonyl (C=O) groups is 2. The van der Waals surface area contributed by atoms with Crippen molar-refractivity contribution in [3.63, 3.8) is 0 Å². The van der Waals surface area contributed by atoms with Crippen LogP contribution in [0.15, 0.2) is 36.4 Å². The summed E-state index contributed by atoms with van der Waals surface area (Å²) in [4.78, 5) is 38.0. The fourth-order valence-electron chi connectivity index (χ4n) is 2.66. The smallest absolute Gasteiger partial charge is 0.283 e. The lowest BCUT2D eigenvalue weighted by Crippen LogP contribution is -2.46. The first kappa shape index (κ1) is 18.4. The summed E-state index contributed by atoms with van der Waals surface area (Å²) >= 11 is 2.58. The van der Waals surface area contributed by atoms with E-state index in [9.17, 15) is 19.7 Å². The van der Waals surface area contributed by atoms with E-state index in [0.29, 0.717) is 23.1 Å². The summed E-state index contributed by atoms with van der Waals surface area (Å²) in [6.45, 7) is 2.01. The normalized spacial score (nSPS) is 16.5. The van der Waals surface area contributed by atoms with E-state index in [1.165, 1.54) is 22.7 Å². The first-order valence-electron chi connectivity index (χ1n) is 7.92. The molecule has 7 nitrogen and oxygen atoms in total. The first-order chi connectivity index (χ1) is 12.5. The third kappa shape index (κ3) is 3.88. The molecule has 3 rings (SSSR count). The molecule has 0 saturated carbocycles. The van der Waals surface area contributed by atoms with E-state index < -0.39 is 11.0 Å². The molecule has 1 fully saturated rings. The minimum atomic E-state index is -0.572. The van der Waals surface area contributed by atoms with Crippen LogP contribution in [0.4, 0.5) is 5.69 Å². The molecule has 2 amide bonds. The Hall–Kier alpha value is -2.39. The second-order valence-corrected chi connectivity index (χ2v) is 8.06. The van der Waals surface area contributed by atoms with Gasteiger partial charge in [0.1, 0.15) is 6.04 Å². The number of thioether (sulfide) groups is 1. The van der Waals surface area contributed by atoms with Crippen molar-refractivity contribution in [1.82, 2.24) is 10.2 Å². The number of amides is 2. The average molecular weight is 391 g/mol. The molecule has 1 aliphatic heterocycles. The molecule has 0 aliphatic carbocycles. The van der Waals surface area contributed by atoms with Gasteiger partial charge in [0.15, 0.2) is 0 Å². The number of rotatable bonds is 5. The zero-order valence-corrected chi connectivity index (χ0v) is 15.6. The molecule has 1 saturated heterocycles. The predicted molar refractivity (Wildman–Crippen MR) is 101 cm³/mol. The molecule has 0 bridgehead atoms. The zero-order valence-electron chi connectivity index (χ0n) is 14.0. The molecule has 26 heavy (non-hydrogen) atoms. The van der Waals surface area contributed by atoms with Crippen LogP contribution in [0.3, 0.4) is 0 Å². The largest absolute Gasteiger partial charge is 0.350 e. The lowest BCUT2D eigenvalue weighted by Gasteiger charge is -2.22. The van der Waals surface area contributed by atoms with E-state index in [1.54, 1.807) is 6.92 Å². The fourth-order valence-corrected chi connectivity index (χ4v) is 4.76. The quantitative estimate of drug-likeness (QED) is 0.625. The Kier molecular flexibility index (Phi) is 5.58. The van der Waals surface area contributed by atoms with Gasteiger partial charge in [-0.3, -0.25) is 19.7 Å². The lowest BCUT2D eigenvalue weighted by molar-refractivity contribution is -0.385. The van der Waals surface area contributed by atoms with Gasteiger partial charge < -0.3 is 10.2 Å². The van der Waals surface area contributed by atoms with E-state index in [-0.39, 0.29) is 22.4 Å². The van der Waals surface area contributed by atoms with Crippen molar-refractivity contribution in [2.75, 3.05) is 11.6 Å². The Labute approximate surface area is 158 Å². The van der Waals surface area contributed by atoms with Gasteiger partial charge in [-0.2, -0.15) is 0 Å². The zero-order chi connectivity index (χ0) is 18.7. The second-order valence-electron chi connectivity index (χ2n) is 5.80. The Morgan fingerprint density at radius 3 is 2.73 bits per heavy atom. The maximum Gasteiger partial charge on any atom is 0.283 e. The molecule has 1 aromatic heterocycles. The van der Waals surface area contributed by atoms with Crippen LogP contribution in [0.2, 0.25) is 0 Å². The molecule has 1 atom stereocenters. The molecule has 2 aromatic rings. The summed E-state index contributed by atoms with van der Waals surface area (Å²) in [6.07, 6.45) is 0. The molecule has 136 valence electrons. The maximum atomic E-state index is 12.7. The highest BCUT2D eigenvalue weighted by molar-refractivity contribution is 7.99. The molecular formula is C17H17N3O4S2. The number of nitrogens with one attached hydrogen (secondary N) is 1. The summed E-state index contributed by atoms with van der Waals surface area (Å²) in [7, 11) is 0. The summed E-state index contributed by atoms with van der Waals surface area (Å²) in [5.74, 6) is 0.359. The standard InChI is InChI=1S/C17H17N3O4S2/c1-11-13(20(23)24)7-15(26-11)17(22)19-10-25-9-14(19)16(21)18-8-12-5-3-2-4-6-12/h2-7,14H,8-10H2,1H3,(H,18,21). The van der Waals surface area contributed by atoms with Gasteiger partial charge in [0, 0.05) is 18.4 Å². The molecule has 0 spiro atoms. The first-order valence-corrected chi connectivity index (χ1v) is 9.89. The van der Waals surface area contributed by atoms with Crippen molar-refractivity contribution < 1.29 is 14.5 Å². The average Bonchev–Trinajstić information content (AvgIpc) is 3.27. The van der Waals surface area contributed by atoms with Gasteiger partial charge in [0.2, 0.25) is 5.91 Å². The van der Waals surface area contributed by atoms with Gasteiger partial charge in [-0.1, -0.05) is 30.3 Å². The summed E-state index contributed by atoms with van der Waals surface area (Å²) < 4.78 is 0. The number of nitrogens with zero attached hydrogens (tertiary/aromatic N) is 2. The third-order valence-electron chi connectivity index (χ3n) is 4.05. The summed E-state index contributed by atoms with van der Waals surface area (Å²) in [6, 6.07) is 10.3. The molecule has 0 radical (unpaired) electrons. The minimum Gasteiger partial charge on any atom is -0.350 e. The van der Waals surface area contributed by atoms with Gasteiger partial charge >= 0.3 is 0 Å². The number of benzene rings is 1. The molecular weight excluding hydrogens is 374 g/mol. The van der Waals surface area contributed by atoms with Crippen LogP contribution < -0.4 is 5.32 Å². The maximum absolute atomic E-state index is 12.7. The number of nitro groups is 1. The Morgan fingerprint density at radius 1 is 1.35 bits per heavy atom. The number of carbonyl (C=O) groups excluding carboxylic acids is 2. The van der Waals surface area contributed by atoms with Crippen LogP contribution in [0.1, 0.15) is 20.1 Å². The number of thiophene rings is 1. The van der Waals surface area contributed by atoms with E-state index in [4.69, 9.17) is 0 Å². The number of aryl methyl sites for hydroxylation is 1. The fraction of sp³-hybridized carbons (Fsp3) is 0.294. The van der Waals surface area contributed by atoms with Gasteiger partial charge in [0.05, 0.1) is 20.6 Å². The SMILES string of the molecule is Cc1sc(C(=O)N2CSCC2C(=O)NCc2ccccc2)cc1[N+](=O)[O-]. The molecule has 1 aliphatic rings. The van der Waals surface area contributed by atoms with Crippen LogP contribution >= 0.6 is 23.1 Å². The second kappa shape index (κ2) is 7.88. The van der Waals surface area contributed by atoms with Crippen molar-refractivity contribution >= 4 is 40.6 Å². The van der Waals surface area contributed by atoms with Crippen molar-refractivity contribution in [3.8, 4) is 0 Å². The highest BCUT2D eigenvalue weighted by Gasteiger charge is 2.36. The molecule has 2 heterocycles. The monoisotopic (exact) mass is 391 g/mol. The van der Waals surface area contributed by atoms with Crippen molar-refractivity contribution in [1.29, 1.82) is 0 Å². The molecule has 9 heteroatoms. The van der Waals surface area contributed by atoms with Gasteiger partial charge in [-0.25, -0.2) is 0 Å². The summed E-state index contributed by atoms with van der Waals surface area (Å²) in [5.41, 5.74) is 0.921. The third-order valence-corrected chi connectivity index (χ3v) is 6.09. The van der Waals surface area contributed by atoms with Gasteiger partial charge in [-0.05, 0) is 12.5 Å². The molecule has 1 unspecified atom stereocenters. The Morgan fingerprint density at radius 2 is 2.08 bits per heavy atom. The van der Waals surface area contributed by atoms with Gasteiger partial charge in [-0.15, -0.1) is 23.1 Å². The topological polar surface area (TPSA) is 92.6 Å². The Balaban J connectivity index is 1.69. The highest BCUT2D eigenvalue weighted by Crippen LogP contribution is 2.31.